The SMILES string of the molecule is CSC1=Nc2ccccc2N2C(c3ccc([N+](=O)[O-])cc3)=NN(c3ccccc3)C2(c2ccccc2)C1. The Morgan fingerprint density at radius 2 is 1.51 bits per heavy atom. The van der Waals surface area contributed by atoms with Crippen molar-refractivity contribution in [2.75, 3.05) is 16.2 Å². The van der Waals surface area contributed by atoms with Crippen molar-refractivity contribution in [2.45, 2.75) is 12.1 Å². The normalized spacial score (nSPS) is 18.4. The largest absolute Gasteiger partial charge is 0.292 e. The Labute approximate surface area is 218 Å². The summed E-state index contributed by atoms with van der Waals surface area (Å²) in [4.78, 5) is 18.3. The number of amidine groups is 1. The van der Waals surface area contributed by atoms with Crippen LogP contribution in [0.1, 0.15) is 17.5 Å². The molecule has 0 aliphatic carbocycles. The van der Waals surface area contributed by atoms with E-state index in [1.807, 2.05) is 54.6 Å². The van der Waals surface area contributed by atoms with Crippen molar-refractivity contribution in [3.05, 3.63) is 130 Å². The first-order chi connectivity index (χ1) is 18.1. The molecule has 2 aliphatic rings. The van der Waals surface area contributed by atoms with Crippen molar-refractivity contribution in [2.24, 2.45) is 10.1 Å². The Balaban J connectivity index is 1.67. The number of hydrogen-bond acceptors (Lipinski definition) is 7. The van der Waals surface area contributed by atoms with Crippen LogP contribution in [0.15, 0.2) is 119 Å². The number of aliphatic imine (C=N–C) groups is 1. The van der Waals surface area contributed by atoms with Gasteiger partial charge in [-0.3, -0.25) is 15.0 Å². The molecule has 2 heterocycles. The molecule has 0 saturated carbocycles. The number of rotatable bonds is 4. The Morgan fingerprint density at radius 1 is 0.865 bits per heavy atom. The van der Waals surface area contributed by atoms with E-state index >= 15 is 0 Å². The zero-order chi connectivity index (χ0) is 25.4. The van der Waals surface area contributed by atoms with Crippen molar-refractivity contribution in [1.82, 2.24) is 0 Å². The van der Waals surface area contributed by atoms with E-state index in [2.05, 4.69) is 46.5 Å². The van der Waals surface area contributed by atoms with E-state index in [1.54, 1.807) is 23.9 Å². The first kappa shape index (κ1) is 23.0. The fraction of sp³-hybridized carbons (Fsp3) is 0.103. The minimum Gasteiger partial charge on any atom is -0.292 e. The van der Waals surface area contributed by atoms with Gasteiger partial charge in [0.2, 0.25) is 0 Å². The van der Waals surface area contributed by atoms with Crippen LogP contribution >= 0.6 is 11.8 Å². The molecule has 4 aromatic carbocycles. The quantitative estimate of drug-likeness (QED) is 0.222. The highest BCUT2D eigenvalue weighted by Gasteiger charge is 2.54. The van der Waals surface area contributed by atoms with Crippen LogP contribution in [0, 0.1) is 10.1 Å². The molecule has 0 fully saturated rings. The van der Waals surface area contributed by atoms with Gasteiger partial charge >= 0.3 is 0 Å². The number of nitro benzene ring substituents is 1. The third kappa shape index (κ3) is 3.77. The van der Waals surface area contributed by atoms with Crippen LogP contribution in [-0.4, -0.2) is 22.1 Å². The van der Waals surface area contributed by atoms with Crippen LogP contribution in [0.4, 0.5) is 22.7 Å². The Morgan fingerprint density at radius 3 is 2.19 bits per heavy atom. The van der Waals surface area contributed by atoms with Gasteiger partial charge in [0.05, 0.1) is 27.0 Å². The van der Waals surface area contributed by atoms with E-state index in [1.165, 1.54) is 12.1 Å². The number of benzene rings is 4. The molecule has 1 unspecified atom stereocenters. The van der Waals surface area contributed by atoms with Gasteiger partial charge in [-0.15, -0.1) is 11.8 Å². The van der Waals surface area contributed by atoms with Crippen LogP contribution < -0.4 is 9.91 Å². The fourth-order valence-corrected chi connectivity index (χ4v) is 5.56. The highest BCUT2D eigenvalue weighted by Crippen LogP contribution is 2.51. The summed E-state index contributed by atoms with van der Waals surface area (Å²) in [6.07, 6.45) is 2.64. The molecule has 0 aromatic heterocycles. The lowest BCUT2D eigenvalue weighted by molar-refractivity contribution is -0.384. The maximum Gasteiger partial charge on any atom is 0.269 e. The van der Waals surface area contributed by atoms with Gasteiger partial charge in [-0.2, -0.15) is 5.10 Å². The summed E-state index contributed by atoms with van der Waals surface area (Å²) >= 11 is 1.64. The van der Waals surface area contributed by atoms with Gasteiger partial charge in [0.15, 0.2) is 11.5 Å². The maximum absolute atomic E-state index is 11.4. The van der Waals surface area contributed by atoms with E-state index in [-0.39, 0.29) is 10.6 Å². The van der Waals surface area contributed by atoms with Crippen LogP contribution in [0.5, 0.6) is 0 Å². The van der Waals surface area contributed by atoms with E-state index in [0.29, 0.717) is 12.3 Å². The molecular weight excluding hydrogens is 482 g/mol. The minimum absolute atomic E-state index is 0.0425. The molecular formula is C29H23N5O2S. The average molecular weight is 506 g/mol. The lowest BCUT2D eigenvalue weighted by Crippen LogP contribution is -2.54. The van der Waals surface area contributed by atoms with Gasteiger partial charge in [-0.1, -0.05) is 60.7 Å². The number of anilines is 2. The number of hydrogen-bond donors (Lipinski definition) is 0. The van der Waals surface area contributed by atoms with Gasteiger partial charge in [-0.25, -0.2) is 10.0 Å². The zero-order valence-corrected chi connectivity index (χ0v) is 20.9. The number of fused-ring (bicyclic) bond motifs is 3. The second kappa shape index (κ2) is 9.22. The Kier molecular flexibility index (Phi) is 5.73. The van der Waals surface area contributed by atoms with Crippen LogP contribution in [0.2, 0.25) is 0 Å². The number of nitrogens with zero attached hydrogens (tertiary/aromatic N) is 5. The third-order valence-corrected chi connectivity index (χ3v) is 7.41. The van der Waals surface area contributed by atoms with E-state index in [9.17, 15) is 10.1 Å². The predicted molar refractivity (Wildman–Crippen MR) is 151 cm³/mol. The molecule has 182 valence electrons. The summed E-state index contributed by atoms with van der Waals surface area (Å²) in [5.41, 5.74) is 3.85. The van der Waals surface area contributed by atoms with Crippen molar-refractivity contribution >= 4 is 45.4 Å². The summed E-state index contributed by atoms with van der Waals surface area (Å²) in [7, 11) is 0. The number of nitro groups is 1. The molecule has 37 heavy (non-hydrogen) atoms. The van der Waals surface area contributed by atoms with Gasteiger partial charge in [0.25, 0.3) is 5.69 Å². The van der Waals surface area contributed by atoms with Crippen LogP contribution in [0.25, 0.3) is 0 Å². The summed E-state index contributed by atoms with van der Waals surface area (Å²) in [5.74, 6) is 0.701. The average Bonchev–Trinajstić information content (AvgIpc) is 3.21. The van der Waals surface area contributed by atoms with E-state index in [0.717, 1.165) is 33.2 Å². The number of non-ortho nitro benzene ring substituents is 1. The minimum atomic E-state index is -0.756. The summed E-state index contributed by atoms with van der Waals surface area (Å²) in [5, 5.41) is 19.7. The van der Waals surface area contributed by atoms with E-state index < -0.39 is 5.66 Å². The molecule has 1 atom stereocenters. The highest BCUT2D eigenvalue weighted by atomic mass is 32.2. The smallest absolute Gasteiger partial charge is 0.269 e. The Bertz CT molecular complexity index is 1520. The second-order valence-electron chi connectivity index (χ2n) is 8.77. The molecule has 0 spiro atoms. The van der Waals surface area contributed by atoms with Crippen LogP contribution in [-0.2, 0) is 5.66 Å². The molecule has 8 heteroatoms. The topological polar surface area (TPSA) is 74.3 Å². The second-order valence-corrected chi connectivity index (χ2v) is 9.65. The Hall–Kier alpha value is -4.43. The number of thioether (sulfide) groups is 1. The molecule has 6 rings (SSSR count). The standard InChI is InChI=1S/C29H23N5O2S/c1-37-27-20-29(22-10-4-2-5-11-22)32(26-15-9-8-14-25(26)30-27)28(21-16-18-24(19-17-21)34(35)36)31-33(29)23-12-6-3-7-13-23/h2-19H,20H2,1H3. The predicted octanol–water partition coefficient (Wildman–Crippen LogP) is 6.93. The molecule has 0 bridgehead atoms. The molecule has 0 amide bonds. The monoisotopic (exact) mass is 505 g/mol. The summed E-state index contributed by atoms with van der Waals surface area (Å²) in [6.45, 7) is 0. The molecule has 2 aliphatic heterocycles. The zero-order valence-electron chi connectivity index (χ0n) is 20.1. The molecule has 0 radical (unpaired) electrons. The summed E-state index contributed by atoms with van der Waals surface area (Å²) < 4.78 is 0. The van der Waals surface area contributed by atoms with Gasteiger partial charge in [-0.05, 0) is 42.7 Å². The van der Waals surface area contributed by atoms with Crippen molar-refractivity contribution in [3.63, 3.8) is 0 Å². The van der Waals surface area contributed by atoms with Crippen molar-refractivity contribution in [1.29, 1.82) is 0 Å². The third-order valence-electron chi connectivity index (χ3n) is 6.70. The lowest BCUT2D eigenvalue weighted by atomic mass is 9.92. The molecule has 0 saturated heterocycles. The molecule has 0 N–H and O–H groups in total. The number of para-hydroxylation sites is 3. The van der Waals surface area contributed by atoms with Crippen molar-refractivity contribution in [3.8, 4) is 0 Å². The first-order valence-corrected chi connectivity index (χ1v) is 13.1. The molecule has 4 aromatic rings. The van der Waals surface area contributed by atoms with Gasteiger partial charge < -0.3 is 0 Å². The highest BCUT2D eigenvalue weighted by molar-refractivity contribution is 8.13. The van der Waals surface area contributed by atoms with Gasteiger partial charge in [0.1, 0.15) is 0 Å². The van der Waals surface area contributed by atoms with Gasteiger partial charge in [0, 0.05) is 29.7 Å². The van der Waals surface area contributed by atoms with Crippen LogP contribution in [0.3, 0.4) is 0 Å². The van der Waals surface area contributed by atoms with E-state index in [4.69, 9.17) is 10.1 Å². The fourth-order valence-electron chi connectivity index (χ4n) is 5.03. The lowest BCUT2D eigenvalue weighted by Gasteiger charge is -2.44. The van der Waals surface area contributed by atoms with Crippen molar-refractivity contribution < 1.29 is 4.92 Å². The number of hydrazone groups is 1. The first-order valence-electron chi connectivity index (χ1n) is 11.9. The molecule has 7 nitrogen and oxygen atoms in total. The summed E-state index contributed by atoms with van der Waals surface area (Å²) in [6, 6.07) is 35.1. The maximum atomic E-state index is 11.4.